The molecule has 18 heavy (non-hydrogen) atoms. The van der Waals surface area contributed by atoms with Crippen LogP contribution in [0.1, 0.15) is 29.8 Å². The Kier molecular flexibility index (Phi) is 5.07. The lowest BCUT2D eigenvalue weighted by Gasteiger charge is -2.16. The van der Waals surface area contributed by atoms with Crippen molar-refractivity contribution in [2.75, 3.05) is 0 Å². The van der Waals surface area contributed by atoms with Crippen molar-refractivity contribution in [1.29, 1.82) is 0 Å². The van der Waals surface area contributed by atoms with Crippen molar-refractivity contribution >= 4 is 34.5 Å². The maximum Gasteiger partial charge on any atom is 0.0637 e. The summed E-state index contributed by atoms with van der Waals surface area (Å²) in [5.74, 6) is 0. The van der Waals surface area contributed by atoms with Gasteiger partial charge in [0.25, 0.3) is 0 Å². The maximum atomic E-state index is 6.18. The third kappa shape index (κ3) is 3.27. The smallest absolute Gasteiger partial charge is 0.0637 e. The van der Waals surface area contributed by atoms with Crippen LogP contribution >= 0.6 is 34.5 Å². The molecule has 0 saturated heterocycles. The van der Waals surface area contributed by atoms with E-state index in [0.29, 0.717) is 16.1 Å². The molecule has 0 aliphatic heterocycles. The topological polar surface area (TPSA) is 12.0 Å². The Morgan fingerprint density at radius 2 is 2.06 bits per heavy atom. The molecule has 0 amide bonds. The fourth-order valence-electron chi connectivity index (χ4n) is 1.85. The summed E-state index contributed by atoms with van der Waals surface area (Å²) in [6.45, 7) is 2.91. The molecule has 1 atom stereocenters. The van der Waals surface area contributed by atoms with Crippen LogP contribution in [0.5, 0.6) is 0 Å². The Bertz CT molecular complexity index is 497. The molecule has 4 heteroatoms. The number of halogens is 2. The van der Waals surface area contributed by atoms with Crippen molar-refractivity contribution in [3.05, 3.63) is 56.2 Å². The standard InChI is InChI=1S/C14H15Cl2NS/c1-2-12(13-7-4-8-18-13)17-9-10-5-3-6-11(15)14(10)16/h3-8,12,17H,2,9H2,1H3. The van der Waals surface area contributed by atoms with E-state index in [0.717, 1.165) is 18.5 Å². The number of thiophene rings is 1. The molecule has 0 bridgehead atoms. The van der Waals surface area contributed by atoms with Crippen LogP contribution < -0.4 is 5.32 Å². The van der Waals surface area contributed by atoms with Gasteiger partial charge in [0, 0.05) is 17.5 Å². The quantitative estimate of drug-likeness (QED) is 0.790. The van der Waals surface area contributed by atoms with E-state index in [-0.39, 0.29) is 0 Å². The molecule has 0 spiro atoms. The summed E-state index contributed by atoms with van der Waals surface area (Å²) in [4.78, 5) is 1.36. The van der Waals surface area contributed by atoms with E-state index in [1.807, 2.05) is 18.2 Å². The van der Waals surface area contributed by atoms with Gasteiger partial charge in [-0.1, -0.05) is 48.3 Å². The highest BCUT2D eigenvalue weighted by Crippen LogP contribution is 2.27. The molecule has 1 nitrogen and oxygen atoms in total. The molecular weight excluding hydrogens is 285 g/mol. The van der Waals surface area contributed by atoms with E-state index in [9.17, 15) is 0 Å². The average Bonchev–Trinajstić information content (AvgIpc) is 2.89. The Morgan fingerprint density at radius 3 is 2.72 bits per heavy atom. The molecule has 1 aromatic carbocycles. The molecule has 0 aliphatic rings. The largest absolute Gasteiger partial charge is 0.305 e. The minimum atomic E-state index is 0.375. The Hall–Kier alpha value is -0.540. The first-order valence-electron chi connectivity index (χ1n) is 5.92. The zero-order chi connectivity index (χ0) is 13.0. The lowest BCUT2D eigenvalue weighted by Crippen LogP contribution is -2.19. The predicted molar refractivity (Wildman–Crippen MR) is 80.7 cm³/mol. The van der Waals surface area contributed by atoms with Gasteiger partial charge in [-0.25, -0.2) is 0 Å². The summed E-state index contributed by atoms with van der Waals surface area (Å²) in [5.41, 5.74) is 1.04. The summed E-state index contributed by atoms with van der Waals surface area (Å²) in [6, 6.07) is 10.4. The zero-order valence-corrected chi connectivity index (χ0v) is 12.4. The highest BCUT2D eigenvalue weighted by atomic mass is 35.5. The van der Waals surface area contributed by atoms with Gasteiger partial charge in [0.05, 0.1) is 10.0 Å². The van der Waals surface area contributed by atoms with E-state index >= 15 is 0 Å². The third-order valence-electron chi connectivity index (χ3n) is 2.87. The van der Waals surface area contributed by atoms with Crippen molar-refractivity contribution in [1.82, 2.24) is 5.32 Å². The van der Waals surface area contributed by atoms with Crippen LogP contribution in [0.2, 0.25) is 10.0 Å². The summed E-state index contributed by atoms with van der Waals surface area (Å²) >= 11 is 14.0. The van der Waals surface area contributed by atoms with Crippen molar-refractivity contribution in [2.45, 2.75) is 25.9 Å². The molecule has 0 saturated carbocycles. The fraction of sp³-hybridized carbons (Fsp3) is 0.286. The van der Waals surface area contributed by atoms with Crippen molar-refractivity contribution in [3.8, 4) is 0 Å². The molecule has 2 aromatic rings. The van der Waals surface area contributed by atoms with Crippen LogP contribution in [0, 0.1) is 0 Å². The molecule has 1 unspecified atom stereocenters. The normalized spacial score (nSPS) is 12.6. The predicted octanol–water partition coefficient (Wildman–Crippen LogP) is 5.30. The first-order valence-corrected chi connectivity index (χ1v) is 7.55. The lowest BCUT2D eigenvalue weighted by molar-refractivity contribution is 0.526. The summed E-state index contributed by atoms with van der Waals surface area (Å²) in [6.07, 6.45) is 1.05. The van der Waals surface area contributed by atoms with Crippen LogP contribution in [0.3, 0.4) is 0 Å². The highest BCUT2D eigenvalue weighted by Gasteiger charge is 2.11. The van der Waals surface area contributed by atoms with Gasteiger partial charge >= 0.3 is 0 Å². The number of hydrogen-bond acceptors (Lipinski definition) is 2. The molecule has 0 aliphatic carbocycles. The second-order valence-electron chi connectivity index (χ2n) is 4.07. The van der Waals surface area contributed by atoms with Crippen molar-refractivity contribution < 1.29 is 0 Å². The number of nitrogens with one attached hydrogen (secondary N) is 1. The lowest BCUT2D eigenvalue weighted by atomic mass is 10.1. The summed E-state index contributed by atoms with van der Waals surface area (Å²) in [5, 5.41) is 6.88. The first kappa shape index (κ1) is 13.9. The molecule has 0 fully saturated rings. The van der Waals surface area contributed by atoms with Gasteiger partial charge in [0.2, 0.25) is 0 Å². The summed E-state index contributed by atoms with van der Waals surface area (Å²) in [7, 11) is 0. The van der Waals surface area contributed by atoms with Gasteiger partial charge in [0.15, 0.2) is 0 Å². The molecule has 1 heterocycles. The van der Waals surface area contributed by atoms with Gasteiger partial charge in [-0.05, 0) is 29.5 Å². The average molecular weight is 300 g/mol. The second kappa shape index (κ2) is 6.58. The number of rotatable bonds is 5. The van der Waals surface area contributed by atoms with Gasteiger partial charge < -0.3 is 5.32 Å². The number of benzene rings is 1. The van der Waals surface area contributed by atoms with Crippen LogP contribution in [-0.4, -0.2) is 0 Å². The van der Waals surface area contributed by atoms with Gasteiger partial charge in [-0.3, -0.25) is 0 Å². The summed E-state index contributed by atoms with van der Waals surface area (Å²) < 4.78 is 0. The van der Waals surface area contributed by atoms with E-state index in [2.05, 4.69) is 29.8 Å². The highest BCUT2D eigenvalue weighted by molar-refractivity contribution is 7.10. The van der Waals surface area contributed by atoms with Crippen LogP contribution in [-0.2, 0) is 6.54 Å². The van der Waals surface area contributed by atoms with Crippen LogP contribution in [0.4, 0.5) is 0 Å². The van der Waals surface area contributed by atoms with E-state index in [1.165, 1.54) is 4.88 Å². The third-order valence-corrected chi connectivity index (χ3v) is 4.71. The van der Waals surface area contributed by atoms with Crippen LogP contribution in [0.25, 0.3) is 0 Å². The van der Waals surface area contributed by atoms with E-state index in [1.54, 1.807) is 11.3 Å². The fourth-order valence-corrected chi connectivity index (χ4v) is 3.13. The maximum absolute atomic E-state index is 6.18. The molecular formula is C14H15Cl2NS. The van der Waals surface area contributed by atoms with E-state index in [4.69, 9.17) is 23.2 Å². The van der Waals surface area contributed by atoms with Gasteiger partial charge in [-0.15, -0.1) is 11.3 Å². The SMILES string of the molecule is CCC(NCc1cccc(Cl)c1Cl)c1cccs1. The molecule has 2 rings (SSSR count). The Labute approximate surface area is 122 Å². The van der Waals surface area contributed by atoms with Gasteiger partial charge in [-0.2, -0.15) is 0 Å². The van der Waals surface area contributed by atoms with Crippen molar-refractivity contribution in [2.24, 2.45) is 0 Å². The van der Waals surface area contributed by atoms with Gasteiger partial charge in [0.1, 0.15) is 0 Å². The Morgan fingerprint density at radius 1 is 1.22 bits per heavy atom. The Balaban J connectivity index is 2.04. The molecule has 1 aromatic heterocycles. The van der Waals surface area contributed by atoms with Crippen molar-refractivity contribution in [3.63, 3.8) is 0 Å². The zero-order valence-electron chi connectivity index (χ0n) is 10.1. The van der Waals surface area contributed by atoms with E-state index < -0.39 is 0 Å². The first-order chi connectivity index (χ1) is 8.72. The number of hydrogen-bond donors (Lipinski definition) is 1. The second-order valence-corrected chi connectivity index (χ2v) is 5.83. The monoisotopic (exact) mass is 299 g/mol. The molecule has 0 radical (unpaired) electrons. The minimum absolute atomic E-state index is 0.375. The van der Waals surface area contributed by atoms with Crippen LogP contribution in [0.15, 0.2) is 35.7 Å². The molecule has 1 N–H and O–H groups in total. The molecule has 96 valence electrons. The minimum Gasteiger partial charge on any atom is -0.305 e.